The van der Waals surface area contributed by atoms with Gasteiger partial charge in [0, 0.05) is 0 Å². The number of ether oxygens (including phenoxy) is 1. The highest BCUT2D eigenvalue weighted by Gasteiger charge is 2.11. The van der Waals surface area contributed by atoms with Crippen molar-refractivity contribution in [2.24, 2.45) is 0 Å². The van der Waals surface area contributed by atoms with Crippen LogP contribution in [-0.4, -0.2) is 5.97 Å². The Labute approximate surface area is 116 Å². The summed E-state index contributed by atoms with van der Waals surface area (Å²) in [5, 5.41) is 0. The summed E-state index contributed by atoms with van der Waals surface area (Å²) < 4.78 is 10.3. The minimum atomic E-state index is -0.500. The Morgan fingerprint density at radius 2 is 1.65 bits per heavy atom. The molecule has 0 atom stereocenters. The molecule has 3 rings (SSSR count). The molecule has 1 heterocycles. The van der Waals surface area contributed by atoms with Crippen molar-refractivity contribution in [3.05, 3.63) is 78.8 Å². The molecular weight excluding hydrogens is 252 g/mol. The molecule has 0 unspecified atom stereocenters. The Balaban J connectivity index is 1.83. The van der Waals surface area contributed by atoms with Gasteiger partial charge in [-0.2, -0.15) is 0 Å². The highest BCUT2D eigenvalue weighted by atomic mass is 16.5. The lowest BCUT2D eigenvalue weighted by Gasteiger charge is -2.05. The van der Waals surface area contributed by atoms with Crippen molar-refractivity contribution in [2.75, 3.05) is 0 Å². The molecule has 3 aromatic rings. The van der Waals surface area contributed by atoms with Crippen molar-refractivity contribution in [1.82, 2.24) is 0 Å². The van der Waals surface area contributed by atoms with Crippen LogP contribution in [0.3, 0.4) is 0 Å². The second kappa shape index (κ2) is 5.45. The monoisotopic (exact) mass is 264 g/mol. The van der Waals surface area contributed by atoms with Crippen LogP contribution >= 0.6 is 0 Å². The molecule has 0 fully saturated rings. The summed E-state index contributed by atoms with van der Waals surface area (Å²) in [6, 6.07) is 20.5. The molecule has 3 nitrogen and oxygen atoms in total. The van der Waals surface area contributed by atoms with E-state index in [1.165, 1.54) is 6.26 Å². The number of hydrogen-bond acceptors (Lipinski definition) is 3. The number of furan rings is 1. The molecule has 0 aliphatic heterocycles. The zero-order valence-electron chi connectivity index (χ0n) is 10.7. The molecule has 98 valence electrons. The lowest BCUT2D eigenvalue weighted by molar-refractivity contribution is 0.0701. The molecule has 0 amide bonds. The molecule has 0 spiro atoms. The summed E-state index contributed by atoms with van der Waals surface area (Å²) in [6.07, 6.45) is 1.44. The predicted octanol–water partition coefficient (Wildman–Crippen LogP) is 4.17. The number of benzene rings is 2. The maximum atomic E-state index is 11.8. The van der Waals surface area contributed by atoms with Gasteiger partial charge >= 0.3 is 5.97 Å². The summed E-state index contributed by atoms with van der Waals surface area (Å²) in [7, 11) is 0. The van der Waals surface area contributed by atoms with Gasteiger partial charge in [-0.25, -0.2) is 4.79 Å². The quantitative estimate of drug-likeness (QED) is 0.526. The van der Waals surface area contributed by atoms with Gasteiger partial charge in [0.15, 0.2) is 0 Å². The molecule has 0 bridgehead atoms. The fraction of sp³-hybridized carbons (Fsp3) is 0. The van der Waals surface area contributed by atoms with E-state index < -0.39 is 5.97 Å². The summed E-state index contributed by atoms with van der Waals surface area (Å²) in [4.78, 5) is 11.8. The lowest BCUT2D eigenvalue weighted by Crippen LogP contribution is -2.06. The molecule has 3 heteroatoms. The minimum Gasteiger partial charge on any atom is -0.457 e. The van der Waals surface area contributed by atoms with Crippen LogP contribution in [-0.2, 0) is 0 Å². The Bertz CT molecular complexity index is 700. The Morgan fingerprint density at radius 3 is 2.40 bits per heavy atom. The van der Waals surface area contributed by atoms with E-state index in [9.17, 15) is 4.79 Å². The van der Waals surface area contributed by atoms with Gasteiger partial charge in [-0.3, -0.25) is 0 Å². The van der Waals surface area contributed by atoms with E-state index in [0.717, 1.165) is 11.1 Å². The standard InChI is InChI=1S/C17H12O3/c18-17(16-10-5-11-19-16)20-15-9-4-8-14(12-15)13-6-2-1-3-7-13/h1-12H. The van der Waals surface area contributed by atoms with Gasteiger partial charge in [-0.05, 0) is 35.4 Å². The van der Waals surface area contributed by atoms with Crippen LogP contribution in [0.5, 0.6) is 5.75 Å². The molecule has 0 aliphatic carbocycles. The summed E-state index contributed by atoms with van der Waals surface area (Å²) in [5.41, 5.74) is 2.07. The molecule has 2 aromatic carbocycles. The van der Waals surface area contributed by atoms with Crippen LogP contribution in [0.15, 0.2) is 77.4 Å². The van der Waals surface area contributed by atoms with Gasteiger partial charge in [-0.15, -0.1) is 0 Å². The van der Waals surface area contributed by atoms with Crippen LogP contribution in [0.25, 0.3) is 11.1 Å². The maximum Gasteiger partial charge on any atom is 0.379 e. The summed E-state index contributed by atoms with van der Waals surface area (Å²) in [6.45, 7) is 0. The van der Waals surface area contributed by atoms with Crippen LogP contribution in [0.1, 0.15) is 10.6 Å². The smallest absolute Gasteiger partial charge is 0.379 e. The van der Waals surface area contributed by atoms with Gasteiger partial charge in [-0.1, -0.05) is 42.5 Å². The SMILES string of the molecule is O=C(Oc1cccc(-c2ccccc2)c1)c1ccco1. The summed E-state index contributed by atoms with van der Waals surface area (Å²) >= 11 is 0. The molecule has 1 aromatic heterocycles. The lowest BCUT2D eigenvalue weighted by atomic mass is 10.1. The van der Waals surface area contributed by atoms with Crippen LogP contribution < -0.4 is 4.74 Å². The molecule has 0 radical (unpaired) electrons. The van der Waals surface area contributed by atoms with E-state index in [1.54, 1.807) is 18.2 Å². The van der Waals surface area contributed by atoms with Crippen molar-refractivity contribution in [2.45, 2.75) is 0 Å². The molecule has 0 saturated heterocycles. The zero-order chi connectivity index (χ0) is 13.8. The third-order valence-electron chi connectivity index (χ3n) is 2.87. The van der Waals surface area contributed by atoms with Crippen molar-refractivity contribution in [3.63, 3.8) is 0 Å². The summed E-state index contributed by atoms with van der Waals surface area (Å²) in [5.74, 6) is 0.183. The number of carbonyl (C=O) groups excluding carboxylic acids is 1. The predicted molar refractivity (Wildman–Crippen MR) is 75.5 cm³/mol. The van der Waals surface area contributed by atoms with Crippen molar-refractivity contribution < 1.29 is 13.9 Å². The van der Waals surface area contributed by atoms with E-state index in [1.807, 2.05) is 48.5 Å². The third kappa shape index (κ3) is 2.62. The normalized spacial score (nSPS) is 10.2. The fourth-order valence-corrected chi connectivity index (χ4v) is 1.92. The van der Waals surface area contributed by atoms with Gasteiger partial charge in [0.2, 0.25) is 5.76 Å². The number of hydrogen-bond donors (Lipinski definition) is 0. The van der Waals surface area contributed by atoms with Gasteiger partial charge < -0.3 is 9.15 Å². The minimum absolute atomic E-state index is 0.190. The Kier molecular flexibility index (Phi) is 3.33. The van der Waals surface area contributed by atoms with E-state index in [-0.39, 0.29) is 5.76 Å². The first-order chi connectivity index (χ1) is 9.83. The highest BCUT2D eigenvalue weighted by Crippen LogP contribution is 2.24. The number of rotatable bonds is 3. The van der Waals surface area contributed by atoms with Crippen molar-refractivity contribution >= 4 is 5.97 Å². The van der Waals surface area contributed by atoms with Gasteiger partial charge in [0.05, 0.1) is 6.26 Å². The van der Waals surface area contributed by atoms with Crippen molar-refractivity contribution in [1.29, 1.82) is 0 Å². The van der Waals surface area contributed by atoms with Gasteiger partial charge in [0.1, 0.15) is 5.75 Å². The van der Waals surface area contributed by atoms with E-state index in [4.69, 9.17) is 9.15 Å². The first-order valence-electron chi connectivity index (χ1n) is 6.24. The third-order valence-corrected chi connectivity index (χ3v) is 2.87. The largest absolute Gasteiger partial charge is 0.457 e. The highest BCUT2D eigenvalue weighted by molar-refractivity contribution is 5.88. The average Bonchev–Trinajstić information content (AvgIpc) is 3.03. The molecule has 0 aliphatic rings. The molecule has 20 heavy (non-hydrogen) atoms. The zero-order valence-corrected chi connectivity index (χ0v) is 10.7. The Hall–Kier alpha value is -2.81. The number of carbonyl (C=O) groups is 1. The second-order valence-corrected chi connectivity index (χ2v) is 4.26. The maximum absolute atomic E-state index is 11.8. The van der Waals surface area contributed by atoms with Crippen LogP contribution in [0.4, 0.5) is 0 Å². The molecular formula is C17H12O3. The van der Waals surface area contributed by atoms with Gasteiger partial charge in [0.25, 0.3) is 0 Å². The average molecular weight is 264 g/mol. The van der Waals surface area contributed by atoms with Crippen LogP contribution in [0.2, 0.25) is 0 Å². The van der Waals surface area contributed by atoms with E-state index >= 15 is 0 Å². The topological polar surface area (TPSA) is 39.4 Å². The molecule has 0 saturated carbocycles. The van der Waals surface area contributed by atoms with E-state index in [2.05, 4.69) is 0 Å². The Morgan fingerprint density at radius 1 is 0.850 bits per heavy atom. The first kappa shape index (κ1) is 12.2. The molecule has 0 N–H and O–H groups in total. The first-order valence-corrected chi connectivity index (χ1v) is 6.24. The fourth-order valence-electron chi connectivity index (χ4n) is 1.92. The van der Waals surface area contributed by atoms with Crippen molar-refractivity contribution in [3.8, 4) is 16.9 Å². The van der Waals surface area contributed by atoms with E-state index in [0.29, 0.717) is 5.75 Å². The number of esters is 1. The second-order valence-electron chi connectivity index (χ2n) is 4.26. The van der Waals surface area contributed by atoms with Crippen LogP contribution in [0, 0.1) is 0 Å².